The lowest BCUT2D eigenvalue weighted by atomic mass is 10.0. The molecule has 1 saturated carbocycles. The zero-order chi connectivity index (χ0) is 26.6. The van der Waals surface area contributed by atoms with Crippen molar-refractivity contribution >= 4 is 29.2 Å². The summed E-state index contributed by atoms with van der Waals surface area (Å²) in [6.07, 6.45) is 4.17. The number of phenolic OH excluding ortho intramolecular Hbond substituents is 1. The molecule has 0 spiro atoms. The van der Waals surface area contributed by atoms with Gasteiger partial charge in [0.25, 0.3) is 5.91 Å². The molecule has 0 aliphatic heterocycles. The summed E-state index contributed by atoms with van der Waals surface area (Å²) < 4.78 is 1.42. The molecule has 8 heteroatoms. The first-order valence-electron chi connectivity index (χ1n) is 12.7. The molecule has 7 nitrogen and oxygen atoms in total. The Morgan fingerprint density at radius 1 is 1.03 bits per heavy atom. The van der Waals surface area contributed by atoms with E-state index in [0.29, 0.717) is 34.1 Å². The van der Waals surface area contributed by atoms with E-state index in [1.165, 1.54) is 10.7 Å². The van der Waals surface area contributed by atoms with Crippen LogP contribution in [0.5, 0.6) is 5.75 Å². The Kier molecular flexibility index (Phi) is 7.47. The van der Waals surface area contributed by atoms with E-state index in [-0.39, 0.29) is 23.6 Å². The van der Waals surface area contributed by atoms with E-state index in [4.69, 9.17) is 11.6 Å². The number of phenols is 1. The normalized spacial score (nSPS) is 13.4. The zero-order valence-corrected chi connectivity index (χ0v) is 21.8. The van der Waals surface area contributed by atoms with Crippen LogP contribution < -0.4 is 10.6 Å². The number of carbonyl (C=O) groups is 2. The van der Waals surface area contributed by atoms with Crippen molar-refractivity contribution in [3.05, 3.63) is 100 Å². The first-order valence-corrected chi connectivity index (χ1v) is 13.1. The first-order chi connectivity index (χ1) is 18.4. The maximum Gasteiger partial charge on any atom is 0.342 e. The molecule has 1 heterocycles. The van der Waals surface area contributed by atoms with Gasteiger partial charge in [0.2, 0.25) is 0 Å². The number of halogens is 1. The summed E-state index contributed by atoms with van der Waals surface area (Å²) in [7, 11) is 0. The maximum atomic E-state index is 13.3. The van der Waals surface area contributed by atoms with Crippen molar-refractivity contribution in [3.8, 4) is 17.0 Å². The van der Waals surface area contributed by atoms with E-state index in [1.54, 1.807) is 36.4 Å². The van der Waals surface area contributed by atoms with Crippen molar-refractivity contribution in [2.45, 2.75) is 45.1 Å². The van der Waals surface area contributed by atoms with Crippen LogP contribution >= 0.6 is 11.6 Å². The minimum Gasteiger partial charge on any atom is -0.507 e. The zero-order valence-electron chi connectivity index (χ0n) is 21.1. The average molecular weight is 529 g/mol. The third-order valence-corrected chi connectivity index (χ3v) is 7.25. The monoisotopic (exact) mass is 528 g/mol. The van der Waals surface area contributed by atoms with Crippen LogP contribution in [0.25, 0.3) is 11.3 Å². The van der Waals surface area contributed by atoms with Crippen LogP contribution in [0.3, 0.4) is 0 Å². The van der Waals surface area contributed by atoms with Gasteiger partial charge in [-0.15, -0.1) is 0 Å². The lowest BCUT2D eigenvalue weighted by Crippen LogP contribution is -2.30. The van der Waals surface area contributed by atoms with Gasteiger partial charge in [0.15, 0.2) is 0 Å². The molecule has 1 fully saturated rings. The Morgan fingerprint density at radius 2 is 1.76 bits per heavy atom. The number of amides is 2. The molecule has 3 aromatic carbocycles. The average Bonchev–Trinajstić information content (AvgIpc) is 3.60. The number of benzene rings is 3. The van der Waals surface area contributed by atoms with Crippen molar-refractivity contribution in [2.24, 2.45) is 0 Å². The Hall–Kier alpha value is -4.10. The van der Waals surface area contributed by atoms with E-state index in [9.17, 15) is 14.7 Å². The molecule has 38 heavy (non-hydrogen) atoms. The van der Waals surface area contributed by atoms with Gasteiger partial charge in [-0.2, -0.15) is 9.78 Å². The highest BCUT2D eigenvalue weighted by atomic mass is 35.5. The molecule has 194 valence electrons. The summed E-state index contributed by atoms with van der Waals surface area (Å²) in [6, 6.07) is 21.1. The number of hydrogen-bond acceptors (Lipinski definition) is 4. The van der Waals surface area contributed by atoms with Gasteiger partial charge in [-0.1, -0.05) is 66.4 Å². The molecular weight excluding hydrogens is 500 g/mol. The standard InChI is InChI=1S/C30H29ClN4O3/c1-19-10-12-20(13-11-19)18-32-30(38)35-27(21-6-2-3-7-21)17-26(34-35)24-16-22(14-15-28(24)36)33-29(37)23-8-4-5-9-25(23)31/h4-5,8-17,21,36H,2-3,6-7,18H2,1H3,(H,32,38)(H,33,37). The fourth-order valence-electron chi connectivity index (χ4n) is 4.82. The lowest BCUT2D eigenvalue weighted by Gasteiger charge is -2.12. The molecule has 0 bridgehead atoms. The highest BCUT2D eigenvalue weighted by Gasteiger charge is 2.26. The summed E-state index contributed by atoms with van der Waals surface area (Å²) in [5, 5.41) is 21.4. The number of nitrogens with zero attached hydrogens (tertiary/aromatic N) is 2. The molecule has 1 aliphatic rings. The van der Waals surface area contributed by atoms with Crippen LogP contribution in [-0.2, 0) is 6.54 Å². The quantitative estimate of drug-likeness (QED) is 0.237. The maximum absolute atomic E-state index is 13.3. The fourth-order valence-corrected chi connectivity index (χ4v) is 5.04. The van der Waals surface area contributed by atoms with Gasteiger partial charge >= 0.3 is 6.03 Å². The number of hydrogen-bond donors (Lipinski definition) is 3. The molecule has 5 rings (SSSR count). The van der Waals surface area contributed by atoms with Crippen LogP contribution in [0.15, 0.2) is 72.8 Å². The summed E-state index contributed by atoms with van der Waals surface area (Å²) in [4.78, 5) is 26.0. The van der Waals surface area contributed by atoms with Crippen LogP contribution in [-0.4, -0.2) is 26.8 Å². The van der Waals surface area contributed by atoms with Crippen molar-refractivity contribution in [1.29, 1.82) is 0 Å². The molecular formula is C30H29ClN4O3. The lowest BCUT2D eigenvalue weighted by molar-refractivity contribution is 0.102. The topological polar surface area (TPSA) is 96.3 Å². The number of aromatic nitrogens is 2. The number of anilines is 1. The SMILES string of the molecule is Cc1ccc(CNC(=O)n2nc(-c3cc(NC(=O)c4ccccc4Cl)ccc3O)cc2C2CCCC2)cc1. The highest BCUT2D eigenvalue weighted by molar-refractivity contribution is 6.34. The molecule has 1 aromatic heterocycles. The van der Waals surface area contributed by atoms with Gasteiger partial charge in [-0.3, -0.25) is 4.79 Å². The third-order valence-electron chi connectivity index (χ3n) is 6.92. The summed E-state index contributed by atoms with van der Waals surface area (Å²) in [5.74, 6) is -0.144. The smallest absolute Gasteiger partial charge is 0.342 e. The molecule has 0 radical (unpaired) electrons. The van der Waals surface area contributed by atoms with E-state index >= 15 is 0 Å². The molecule has 0 unspecified atom stereocenters. The van der Waals surface area contributed by atoms with Crippen molar-refractivity contribution in [1.82, 2.24) is 15.1 Å². The Morgan fingerprint density at radius 3 is 2.50 bits per heavy atom. The van der Waals surface area contributed by atoms with Gasteiger partial charge in [-0.25, -0.2) is 4.79 Å². The second kappa shape index (κ2) is 11.1. The van der Waals surface area contributed by atoms with E-state index in [2.05, 4.69) is 15.7 Å². The van der Waals surface area contributed by atoms with Crippen LogP contribution in [0.1, 0.15) is 58.8 Å². The van der Waals surface area contributed by atoms with Gasteiger partial charge in [0.05, 0.1) is 22.0 Å². The van der Waals surface area contributed by atoms with Gasteiger partial charge < -0.3 is 15.7 Å². The summed E-state index contributed by atoms with van der Waals surface area (Å²) >= 11 is 6.17. The van der Waals surface area contributed by atoms with Crippen molar-refractivity contribution < 1.29 is 14.7 Å². The van der Waals surface area contributed by atoms with Gasteiger partial charge in [0, 0.05) is 23.7 Å². The van der Waals surface area contributed by atoms with E-state index in [1.807, 2.05) is 37.3 Å². The Balaban J connectivity index is 1.42. The number of nitrogens with one attached hydrogen (secondary N) is 2. The molecule has 2 amide bonds. The first kappa shape index (κ1) is 25.5. The second-order valence-electron chi connectivity index (χ2n) is 9.66. The van der Waals surface area contributed by atoms with Crippen molar-refractivity contribution in [2.75, 3.05) is 5.32 Å². The number of rotatable bonds is 6. The number of aromatic hydroxyl groups is 1. The Labute approximate surface area is 226 Å². The highest BCUT2D eigenvalue weighted by Crippen LogP contribution is 2.38. The minimum atomic E-state index is -0.361. The predicted octanol–water partition coefficient (Wildman–Crippen LogP) is 6.89. The van der Waals surface area contributed by atoms with Crippen LogP contribution in [0.2, 0.25) is 5.02 Å². The third kappa shape index (κ3) is 5.58. The number of carbonyl (C=O) groups excluding carboxylic acids is 2. The largest absolute Gasteiger partial charge is 0.507 e. The molecule has 1 aliphatic carbocycles. The van der Waals surface area contributed by atoms with E-state index < -0.39 is 0 Å². The molecule has 3 N–H and O–H groups in total. The van der Waals surface area contributed by atoms with Crippen molar-refractivity contribution in [3.63, 3.8) is 0 Å². The molecule has 0 atom stereocenters. The van der Waals surface area contributed by atoms with Gasteiger partial charge in [-0.05, 0) is 61.7 Å². The summed E-state index contributed by atoms with van der Waals surface area (Å²) in [6.45, 7) is 2.40. The van der Waals surface area contributed by atoms with E-state index in [0.717, 1.165) is 42.5 Å². The second-order valence-corrected chi connectivity index (χ2v) is 10.1. The van der Waals surface area contributed by atoms with Crippen LogP contribution in [0.4, 0.5) is 10.5 Å². The number of aryl methyl sites for hydroxylation is 1. The molecule has 4 aromatic rings. The summed E-state index contributed by atoms with van der Waals surface area (Å²) in [5.41, 5.74) is 4.69. The minimum absolute atomic E-state index is 0.00317. The van der Waals surface area contributed by atoms with Gasteiger partial charge in [0.1, 0.15) is 5.75 Å². The predicted molar refractivity (Wildman–Crippen MR) is 149 cm³/mol. The fraction of sp³-hybridized carbons (Fsp3) is 0.233. The molecule has 0 saturated heterocycles. The van der Waals surface area contributed by atoms with Crippen LogP contribution in [0, 0.1) is 6.92 Å². The Bertz CT molecular complexity index is 1470.